The normalized spacial score (nSPS) is 11.2. The summed E-state index contributed by atoms with van der Waals surface area (Å²) < 4.78 is 2.03. The fourth-order valence-electron chi connectivity index (χ4n) is 2.65. The second-order valence-electron chi connectivity index (χ2n) is 5.73. The molecule has 25 heavy (non-hydrogen) atoms. The van der Waals surface area contributed by atoms with Gasteiger partial charge in [0.15, 0.2) is 0 Å². The minimum absolute atomic E-state index is 0.308. The van der Waals surface area contributed by atoms with E-state index in [9.17, 15) is 4.79 Å². The molecule has 2 aromatic carbocycles. The lowest BCUT2D eigenvalue weighted by molar-refractivity contribution is -0.118. The first kappa shape index (κ1) is 17.0. The van der Waals surface area contributed by atoms with E-state index in [1.807, 2.05) is 59.3 Å². The van der Waals surface area contributed by atoms with Gasteiger partial charge in [-0.3, -0.25) is 4.79 Å². The number of hydrogen-bond donors (Lipinski definition) is 2. The molecule has 128 valence electrons. The van der Waals surface area contributed by atoms with Gasteiger partial charge in [0.25, 0.3) is 0 Å². The number of nitrogens with two attached hydrogens (primary N) is 1. The van der Waals surface area contributed by atoms with Crippen molar-refractivity contribution in [2.45, 2.75) is 19.5 Å². The maximum absolute atomic E-state index is 11.0. The lowest BCUT2D eigenvalue weighted by Gasteiger charge is -2.02. The van der Waals surface area contributed by atoms with E-state index in [4.69, 9.17) is 17.3 Å². The number of amides is 1. The highest BCUT2D eigenvalue weighted by atomic mass is 35.5. The predicted octanol–water partition coefficient (Wildman–Crippen LogP) is 3.29. The minimum Gasteiger partial charge on any atom is -0.370 e. The molecule has 0 atom stereocenters. The molecule has 1 aromatic heterocycles. The van der Waals surface area contributed by atoms with Crippen molar-refractivity contribution in [3.8, 4) is 0 Å². The van der Waals surface area contributed by atoms with Crippen LogP contribution < -0.4 is 11.2 Å². The monoisotopic (exact) mass is 354 g/mol. The number of nitrogens with zero attached hydrogens (tertiary/aromatic N) is 2. The highest BCUT2D eigenvalue weighted by molar-refractivity contribution is 6.30. The molecule has 0 saturated carbocycles. The SMILES string of the molecule is NC(=O)CCn1cc(/C=N\NCc2ccc(Cl)cc2)c2ccccc21. The van der Waals surface area contributed by atoms with E-state index in [1.165, 1.54) is 0 Å². The second-order valence-corrected chi connectivity index (χ2v) is 6.17. The predicted molar refractivity (Wildman–Crippen MR) is 102 cm³/mol. The number of aryl methyl sites for hydroxylation is 1. The van der Waals surface area contributed by atoms with Crippen LogP contribution in [0.1, 0.15) is 17.5 Å². The number of primary amides is 1. The van der Waals surface area contributed by atoms with E-state index in [2.05, 4.69) is 10.5 Å². The number of benzene rings is 2. The first-order valence-electron chi connectivity index (χ1n) is 8.00. The fraction of sp³-hybridized carbons (Fsp3) is 0.158. The van der Waals surface area contributed by atoms with Crippen molar-refractivity contribution >= 4 is 34.6 Å². The lowest BCUT2D eigenvalue weighted by Crippen LogP contribution is -2.13. The molecule has 1 amide bonds. The molecule has 3 aromatic rings. The molecule has 1 heterocycles. The van der Waals surface area contributed by atoms with Crippen LogP contribution in [0.4, 0.5) is 0 Å². The molecule has 0 spiro atoms. The Bertz CT molecular complexity index is 899. The molecule has 6 heteroatoms. The van der Waals surface area contributed by atoms with Crippen molar-refractivity contribution in [1.29, 1.82) is 0 Å². The van der Waals surface area contributed by atoms with E-state index in [-0.39, 0.29) is 5.91 Å². The number of rotatable bonds is 7. The number of aromatic nitrogens is 1. The lowest BCUT2D eigenvalue weighted by atomic mass is 10.2. The summed E-state index contributed by atoms with van der Waals surface area (Å²) in [5.74, 6) is -0.308. The first-order chi connectivity index (χ1) is 12.1. The van der Waals surface area contributed by atoms with Gasteiger partial charge in [-0.05, 0) is 23.8 Å². The smallest absolute Gasteiger partial charge is 0.219 e. The van der Waals surface area contributed by atoms with Gasteiger partial charge in [-0.25, -0.2) is 0 Å². The zero-order valence-corrected chi connectivity index (χ0v) is 14.4. The number of fused-ring (bicyclic) bond motifs is 1. The molecule has 0 radical (unpaired) electrons. The van der Waals surface area contributed by atoms with Crippen molar-refractivity contribution < 1.29 is 4.79 Å². The molecule has 0 aliphatic heterocycles. The Hall–Kier alpha value is -2.79. The summed E-state index contributed by atoms with van der Waals surface area (Å²) in [7, 11) is 0. The fourth-order valence-corrected chi connectivity index (χ4v) is 2.77. The Morgan fingerprint density at radius 3 is 2.72 bits per heavy atom. The van der Waals surface area contributed by atoms with Gasteiger partial charge in [-0.15, -0.1) is 0 Å². The summed E-state index contributed by atoms with van der Waals surface area (Å²) >= 11 is 5.87. The van der Waals surface area contributed by atoms with Crippen LogP contribution in [0.2, 0.25) is 5.02 Å². The summed E-state index contributed by atoms with van der Waals surface area (Å²) in [4.78, 5) is 11.0. The average Bonchev–Trinajstić information content (AvgIpc) is 2.97. The third kappa shape index (κ3) is 4.39. The number of carbonyl (C=O) groups is 1. The summed E-state index contributed by atoms with van der Waals surface area (Å²) in [5.41, 5.74) is 11.4. The Morgan fingerprint density at radius 1 is 1.20 bits per heavy atom. The molecule has 0 bridgehead atoms. The van der Waals surface area contributed by atoms with Crippen LogP contribution in [0.3, 0.4) is 0 Å². The summed E-state index contributed by atoms with van der Waals surface area (Å²) in [6, 6.07) is 15.7. The van der Waals surface area contributed by atoms with Crippen LogP contribution in [-0.4, -0.2) is 16.7 Å². The van der Waals surface area contributed by atoms with Gasteiger partial charge in [-0.1, -0.05) is 41.9 Å². The summed E-state index contributed by atoms with van der Waals surface area (Å²) in [6.45, 7) is 1.18. The topological polar surface area (TPSA) is 72.4 Å². The number of hydrazone groups is 1. The van der Waals surface area contributed by atoms with Gasteiger partial charge >= 0.3 is 0 Å². The Morgan fingerprint density at radius 2 is 1.96 bits per heavy atom. The molecule has 0 aliphatic carbocycles. The van der Waals surface area contributed by atoms with Crippen molar-refractivity contribution in [1.82, 2.24) is 9.99 Å². The van der Waals surface area contributed by atoms with Gasteiger partial charge < -0.3 is 15.7 Å². The number of hydrogen-bond acceptors (Lipinski definition) is 3. The highest BCUT2D eigenvalue weighted by Gasteiger charge is 2.07. The highest BCUT2D eigenvalue weighted by Crippen LogP contribution is 2.20. The summed E-state index contributed by atoms with van der Waals surface area (Å²) in [6.07, 6.45) is 4.09. The molecule has 0 fully saturated rings. The number of nitrogens with one attached hydrogen (secondary N) is 1. The minimum atomic E-state index is -0.308. The first-order valence-corrected chi connectivity index (χ1v) is 8.38. The van der Waals surface area contributed by atoms with Gasteiger partial charge in [0, 0.05) is 40.7 Å². The maximum atomic E-state index is 11.0. The van der Waals surface area contributed by atoms with Gasteiger partial charge in [0.05, 0.1) is 12.8 Å². The number of carbonyl (C=O) groups excluding carboxylic acids is 1. The van der Waals surface area contributed by atoms with E-state index < -0.39 is 0 Å². The van der Waals surface area contributed by atoms with Crippen molar-refractivity contribution in [2.75, 3.05) is 0 Å². The van der Waals surface area contributed by atoms with Crippen molar-refractivity contribution in [2.24, 2.45) is 10.8 Å². The van der Waals surface area contributed by atoms with Crippen LogP contribution in [-0.2, 0) is 17.9 Å². The molecule has 0 unspecified atom stereocenters. The molecule has 5 nitrogen and oxygen atoms in total. The Balaban J connectivity index is 1.71. The number of halogens is 1. The standard InChI is InChI=1S/C19H19ClN4O/c20-16-7-5-14(6-8-16)11-22-23-12-15-13-24(10-9-19(21)25)18-4-2-1-3-17(15)18/h1-8,12-13,22H,9-11H2,(H2,21,25)/b23-12-. The van der Waals surface area contributed by atoms with Crippen LogP contribution in [0, 0.1) is 0 Å². The third-order valence-electron chi connectivity index (χ3n) is 3.91. The molecule has 0 saturated heterocycles. The van der Waals surface area contributed by atoms with Gasteiger partial charge in [-0.2, -0.15) is 5.10 Å². The molecular formula is C19H19ClN4O. The number of para-hydroxylation sites is 1. The maximum Gasteiger partial charge on any atom is 0.219 e. The van der Waals surface area contributed by atoms with Crippen LogP contribution in [0.15, 0.2) is 59.8 Å². The zero-order valence-electron chi connectivity index (χ0n) is 13.7. The van der Waals surface area contributed by atoms with E-state index in [0.717, 1.165) is 27.1 Å². The second kappa shape index (κ2) is 7.85. The van der Waals surface area contributed by atoms with Crippen molar-refractivity contribution in [3.63, 3.8) is 0 Å². The molecule has 3 rings (SSSR count). The largest absolute Gasteiger partial charge is 0.370 e. The molecular weight excluding hydrogens is 336 g/mol. The van der Waals surface area contributed by atoms with E-state index in [1.54, 1.807) is 6.21 Å². The van der Waals surface area contributed by atoms with Gasteiger partial charge in [0.1, 0.15) is 0 Å². The third-order valence-corrected chi connectivity index (χ3v) is 4.16. The molecule has 0 aliphatic rings. The van der Waals surface area contributed by atoms with Crippen LogP contribution >= 0.6 is 11.6 Å². The summed E-state index contributed by atoms with van der Waals surface area (Å²) in [5, 5.41) is 6.11. The Labute approximate surface area is 151 Å². The zero-order chi connectivity index (χ0) is 17.6. The van der Waals surface area contributed by atoms with Gasteiger partial charge in [0.2, 0.25) is 5.91 Å². The van der Waals surface area contributed by atoms with E-state index in [0.29, 0.717) is 19.5 Å². The molecule has 3 N–H and O–H groups in total. The van der Waals surface area contributed by atoms with Crippen molar-refractivity contribution in [3.05, 3.63) is 70.9 Å². The van der Waals surface area contributed by atoms with Crippen LogP contribution in [0.5, 0.6) is 0 Å². The average molecular weight is 355 g/mol. The Kier molecular flexibility index (Phi) is 5.36. The quantitative estimate of drug-likeness (QED) is 0.504. The van der Waals surface area contributed by atoms with E-state index >= 15 is 0 Å². The van der Waals surface area contributed by atoms with Crippen LogP contribution in [0.25, 0.3) is 10.9 Å².